The van der Waals surface area contributed by atoms with Crippen LogP contribution in [0.15, 0.2) is 48.7 Å². The van der Waals surface area contributed by atoms with Crippen molar-refractivity contribution in [1.29, 1.82) is 0 Å². The molecule has 0 aliphatic carbocycles. The van der Waals surface area contributed by atoms with Gasteiger partial charge in [-0.15, -0.1) is 0 Å². The first-order chi connectivity index (χ1) is 14.0. The summed E-state index contributed by atoms with van der Waals surface area (Å²) in [5.41, 5.74) is 1.91. The molecule has 7 heteroatoms. The lowest BCUT2D eigenvalue weighted by molar-refractivity contribution is -0.130. The Balaban J connectivity index is 1.51. The first-order valence-corrected chi connectivity index (χ1v) is 9.87. The average Bonchev–Trinajstić information content (AvgIpc) is 2.77. The van der Waals surface area contributed by atoms with Crippen LogP contribution in [-0.4, -0.2) is 65.2 Å². The highest BCUT2D eigenvalue weighted by molar-refractivity contribution is 5.98. The number of nitrogens with one attached hydrogen (secondary N) is 1. The van der Waals surface area contributed by atoms with Crippen molar-refractivity contribution in [3.05, 3.63) is 65.5 Å². The molecule has 1 aromatic heterocycles. The van der Waals surface area contributed by atoms with Gasteiger partial charge in [0.1, 0.15) is 5.69 Å². The third-order valence-corrected chi connectivity index (χ3v) is 5.02. The van der Waals surface area contributed by atoms with Gasteiger partial charge in [0, 0.05) is 51.4 Å². The predicted molar refractivity (Wildman–Crippen MR) is 109 cm³/mol. The summed E-state index contributed by atoms with van der Waals surface area (Å²) in [6.07, 6.45) is 3.22. The minimum atomic E-state index is -0.216. The van der Waals surface area contributed by atoms with Gasteiger partial charge >= 0.3 is 0 Å². The smallest absolute Gasteiger partial charge is 0.272 e. The average molecular weight is 394 g/mol. The maximum Gasteiger partial charge on any atom is 0.272 e. The molecule has 29 heavy (non-hydrogen) atoms. The second kappa shape index (κ2) is 9.82. The summed E-state index contributed by atoms with van der Waals surface area (Å²) in [5, 5.41) is 2.90. The summed E-state index contributed by atoms with van der Waals surface area (Å²) in [6.45, 7) is 4.06. The van der Waals surface area contributed by atoms with Gasteiger partial charge in [-0.25, -0.2) is 0 Å². The molecule has 1 saturated heterocycles. The Morgan fingerprint density at radius 3 is 2.38 bits per heavy atom. The van der Waals surface area contributed by atoms with Crippen LogP contribution in [-0.2, 0) is 11.2 Å². The van der Waals surface area contributed by atoms with Gasteiger partial charge in [0.2, 0.25) is 5.91 Å². The number of piperazine rings is 1. The molecule has 0 unspecified atom stereocenters. The van der Waals surface area contributed by atoms with Gasteiger partial charge in [0.25, 0.3) is 11.8 Å². The van der Waals surface area contributed by atoms with Gasteiger partial charge in [-0.05, 0) is 30.5 Å². The zero-order valence-corrected chi connectivity index (χ0v) is 16.6. The lowest BCUT2D eigenvalue weighted by Crippen LogP contribution is -2.50. The number of aromatic nitrogens is 1. The number of amides is 3. The number of rotatable bonds is 6. The summed E-state index contributed by atoms with van der Waals surface area (Å²) >= 11 is 0. The van der Waals surface area contributed by atoms with E-state index in [9.17, 15) is 14.4 Å². The van der Waals surface area contributed by atoms with E-state index in [1.807, 2.05) is 18.2 Å². The molecular formula is C22H26N4O3. The van der Waals surface area contributed by atoms with E-state index in [0.29, 0.717) is 38.3 Å². The summed E-state index contributed by atoms with van der Waals surface area (Å²) in [6, 6.07) is 13.3. The number of nitrogens with zero attached hydrogens (tertiary/aromatic N) is 3. The van der Waals surface area contributed by atoms with Gasteiger partial charge in [-0.3, -0.25) is 19.4 Å². The van der Waals surface area contributed by atoms with Crippen LogP contribution in [0.4, 0.5) is 0 Å². The second-order valence-electron chi connectivity index (χ2n) is 7.07. The van der Waals surface area contributed by atoms with E-state index in [1.165, 1.54) is 24.8 Å². The van der Waals surface area contributed by atoms with E-state index in [-0.39, 0.29) is 23.4 Å². The maximum absolute atomic E-state index is 12.7. The molecule has 7 nitrogen and oxygen atoms in total. The van der Waals surface area contributed by atoms with Gasteiger partial charge in [0.05, 0.1) is 0 Å². The van der Waals surface area contributed by atoms with Gasteiger partial charge in [-0.2, -0.15) is 0 Å². The molecule has 1 aliphatic heterocycles. The van der Waals surface area contributed by atoms with Crippen LogP contribution in [0.5, 0.6) is 0 Å². The molecule has 3 amide bonds. The SMILES string of the molecule is CC(=O)N1CCN(C(=O)c2cc(C(=O)NCCCc3ccccc3)ccn2)CC1. The standard InChI is InChI=1S/C22H26N4O3/c1-17(27)25-12-14-26(15-13-25)22(29)20-16-19(9-11-23-20)21(28)24-10-5-8-18-6-3-2-4-7-18/h2-4,6-7,9,11,16H,5,8,10,12-15H2,1H3,(H,24,28). The Labute approximate surface area is 170 Å². The van der Waals surface area contributed by atoms with Crippen LogP contribution in [0, 0.1) is 0 Å². The maximum atomic E-state index is 12.7. The van der Waals surface area contributed by atoms with Crippen molar-refractivity contribution in [1.82, 2.24) is 20.1 Å². The normalized spacial score (nSPS) is 13.8. The Morgan fingerprint density at radius 1 is 1.00 bits per heavy atom. The molecule has 1 aromatic carbocycles. The highest BCUT2D eigenvalue weighted by Crippen LogP contribution is 2.10. The van der Waals surface area contributed by atoms with E-state index < -0.39 is 0 Å². The fourth-order valence-corrected chi connectivity index (χ4v) is 3.32. The number of carbonyl (C=O) groups excluding carboxylic acids is 3. The van der Waals surface area contributed by atoms with Crippen molar-refractivity contribution in [2.45, 2.75) is 19.8 Å². The molecule has 1 fully saturated rings. The van der Waals surface area contributed by atoms with Crippen LogP contribution in [0.1, 0.15) is 39.8 Å². The molecule has 2 heterocycles. The first-order valence-electron chi connectivity index (χ1n) is 9.87. The fourth-order valence-electron chi connectivity index (χ4n) is 3.32. The fraction of sp³-hybridized carbons (Fsp3) is 0.364. The molecule has 3 rings (SSSR count). The molecule has 0 radical (unpaired) electrons. The number of benzene rings is 1. The van der Waals surface area contributed by atoms with Crippen molar-refractivity contribution in [2.75, 3.05) is 32.7 Å². The summed E-state index contributed by atoms with van der Waals surface area (Å²) in [7, 11) is 0. The first kappa shape index (κ1) is 20.5. The zero-order valence-electron chi connectivity index (χ0n) is 16.6. The summed E-state index contributed by atoms with van der Waals surface area (Å²) in [4.78, 5) is 44.1. The highest BCUT2D eigenvalue weighted by Gasteiger charge is 2.24. The van der Waals surface area contributed by atoms with E-state index in [1.54, 1.807) is 15.9 Å². The minimum absolute atomic E-state index is 0.0150. The van der Waals surface area contributed by atoms with E-state index in [4.69, 9.17) is 0 Å². The molecule has 0 spiro atoms. The molecule has 1 N–H and O–H groups in total. The Bertz CT molecular complexity index is 861. The molecule has 1 aliphatic rings. The molecule has 0 bridgehead atoms. The quantitative estimate of drug-likeness (QED) is 0.757. The van der Waals surface area contributed by atoms with Crippen molar-refractivity contribution >= 4 is 17.7 Å². The summed E-state index contributed by atoms with van der Waals surface area (Å²) in [5.74, 6) is -0.413. The third kappa shape index (κ3) is 5.63. The van der Waals surface area contributed by atoms with Gasteiger partial charge in [-0.1, -0.05) is 30.3 Å². The molecule has 0 saturated carbocycles. The topological polar surface area (TPSA) is 82.6 Å². The lowest BCUT2D eigenvalue weighted by atomic mass is 10.1. The largest absolute Gasteiger partial charge is 0.352 e. The number of hydrogen-bond acceptors (Lipinski definition) is 4. The Morgan fingerprint density at radius 2 is 1.69 bits per heavy atom. The van der Waals surface area contributed by atoms with Crippen LogP contribution in [0.2, 0.25) is 0 Å². The van der Waals surface area contributed by atoms with Gasteiger partial charge in [0.15, 0.2) is 0 Å². The Hall–Kier alpha value is -3.22. The highest BCUT2D eigenvalue weighted by atomic mass is 16.2. The van der Waals surface area contributed by atoms with E-state index >= 15 is 0 Å². The third-order valence-electron chi connectivity index (χ3n) is 5.02. The van der Waals surface area contributed by atoms with Crippen molar-refractivity contribution in [3.8, 4) is 0 Å². The summed E-state index contributed by atoms with van der Waals surface area (Å²) < 4.78 is 0. The number of hydrogen-bond donors (Lipinski definition) is 1. The number of aryl methyl sites for hydroxylation is 1. The number of carbonyl (C=O) groups is 3. The van der Waals surface area contributed by atoms with Crippen LogP contribution in [0.3, 0.4) is 0 Å². The lowest BCUT2D eigenvalue weighted by Gasteiger charge is -2.34. The molecular weight excluding hydrogens is 368 g/mol. The van der Waals surface area contributed by atoms with Crippen LogP contribution in [0.25, 0.3) is 0 Å². The molecule has 152 valence electrons. The minimum Gasteiger partial charge on any atom is -0.352 e. The van der Waals surface area contributed by atoms with Crippen LogP contribution < -0.4 is 5.32 Å². The molecule has 0 atom stereocenters. The number of pyridine rings is 1. The van der Waals surface area contributed by atoms with E-state index in [0.717, 1.165) is 12.8 Å². The van der Waals surface area contributed by atoms with E-state index in [2.05, 4.69) is 22.4 Å². The van der Waals surface area contributed by atoms with Crippen molar-refractivity contribution < 1.29 is 14.4 Å². The van der Waals surface area contributed by atoms with Gasteiger partial charge < -0.3 is 15.1 Å². The zero-order chi connectivity index (χ0) is 20.6. The monoisotopic (exact) mass is 394 g/mol. The van der Waals surface area contributed by atoms with Crippen LogP contribution >= 0.6 is 0 Å². The predicted octanol–water partition coefficient (Wildman–Crippen LogP) is 1.75. The Kier molecular flexibility index (Phi) is 6.94. The second-order valence-corrected chi connectivity index (χ2v) is 7.07. The van der Waals surface area contributed by atoms with Crippen molar-refractivity contribution in [2.24, 2.45) is 0 Å². The van der Waals surface area contributed by atoms with Crippen molar-refractivity contribution in [3.63, 3.8) is 0 Å². The molecule has 2 aromatic rings.